The molecule has 2 aromatic heterocycles. The summed E-state index contributed by atoms with van der Waals surface area (Å²) in [6, 6.07) is 9.35. The second kappa shape index (κ2) is 6.77. The van der Waals surface area contributed by atoms with E-state index in [2.05, 4.69) is 14.9 Å². The zero-order chi connectivity index (χ0) is 14.4. The lowest BCUT2D eigenvalue weighted by atomic mass is 10.1. The molecule has 0 aliphatic carbocycles. The van der Waals surface area contributed by atoms with E-state index < -0.39 is 5.97 Å². The number of aromatic carboxylic acids is 1. The number of pyridine rings is 2. The largest absolute Gasteiger partial charge is 0.477 e. The van der Waals surface area contributed by atoms with Crippen LogP contribution in [0.15, 0.2) is 42.7 Å². The molecule has 5 heteroatoms. The molecule has 2 aromatic rings. The third-order valence-electron chi connectivity index (χ3n) is 3.05. The molecule has 0 fully saturated rings. The molecule has 0 aliphatic heterocycles. The van der Waals surface area contributed by atoms with Crippen molar-refractivity contribution < 1.29 is 9.90 Å². The third-order valence-corrected chi connectivity index (χ3v) is 3.05. The Morgan fingerprint density at radius 2 is 1.95 bits per heavy atom. The second-order valence-electron chi connectivity index (χ2n) is 4.44. The van der Waals surface area contributed by atoms with Gasteiger partial charge in [0.2, 0.25) is 0 Å². The number of aromatic nitrogens is 2. The molecule has 0 atom stereocenters. The minimum Gasteiger partial charge on any atom is -0.477 e. The number of nitrogens with zero attached hydrogens (tertiary/aromatic N) is 3. The molecule has 0 radical (unpaired) electrons. The summed E-state index contributed by atoms with van der Waals surface area (Å²) in [5, 5.41) is 9.15. The standard InChI is InChI=1S/C15H17N3O2/c1-2-18(11-13-7-3-4-8-16-13)10-12-6-5-9-17-14(12)15(19)20/h3-9H,2,10-11H2,1H3,(H,19,20). The van der Waals surface area contributed by atoms with E-state index in [1.807, 2.05) is 25.1 Å². The molecule has 0 unspecified atom stereocenters. The highest BCUT2D eigenvalue weighted by Gasteiger charge is 2.14. The van der Waals surface area contributed by atoms with Crippen molar-refractivity contribution in [1.29, 1.82) is 0 Å². The Hall–Kier alpha value is -2.27. The normalized spacial score (nSPS) is 10.7. The molecule has 20 heavy (non-hydrogen) atoms. The molecular formula is C15H17N3O2. The van der Waals surface area contributed by atoms with Gasteiger partial charge in [0.1, 0.15) is 0 Å². The van der Waals surface area contributed by atoms with Gasteiger partial charge < -0.3 is 5.11 Å². The van der Waals surface area contributed by atoms with E-state index in [4.69, 9.17) is 5.11 Å². The Bertz CT molecular complexity index is 572. The van der Waals surface area contributed by atoms with Crippen molar-refractivity contribution in [1.82, 2.24) is 14.9 Å². The SMILES string of the molecule is CCN(Cc1ccccn1)Cc1cccnc1C(=O)O. The second-order valence-corrected chi connectivity index (χ2v) is 4.44. The molecule has 0 saturated heterocycles. The Balaban J connectivity index is 2.13. The summed E-state index contributed by atoms with van der Waals surface area (Å²) >= 11 is 0. The first-order valence-electron chi connectivity index (χ1n) is 6.50. The molecule has 0 aliphatic rings. The van der Waals surface area contributed by atoms with Crippen LogP contribution in [0.2, 0.25) is 0 Å². The molecular weight excluding hydrogens is 254 g/mol. The summed E-state index contributed by atoms with van der Waals surface area (Å²) in [6.07, 6.45) is 3.26. The van der Waals surface area contributed by atoms with E-state index >= 15 is 0 Å². The van der Waals surface area contributed by atoms with Gasteiger partial charge in [-0.25, -0.2) is 9.78 Å². The zero-order valence-electron chi connectivity index (χ0n) is 11.4. The van der Waals surface area contributed by atoms with Crippen LogP contribution in [-0.2, 0) is 13.1 Å². The lowest BCUT2D eigenvalue weighted by Crippen LogP contribution is -2.24. The summed E-state index contributed by atoms with van der Waals surface area (Å²) in [6.45, 7) is 4.08. The number of carboxylic acids is 1. The van der Waals surface area contributed by atoms with Crippen LogP contribution in [-0.4, -0.2) is 32.5 Å². The number of carbonyl (C=O) groups is 1. The Morgan fingerprint density at radius 3 is 2.60 bits per heavy atom. The van der Waals surface area contributed by atoms with Crippen molar-refractivity contribution >= 4 is 5.97 Å². The van der Waals surface area contributed by atoms with Gasteiger partial charge in [-0.05, 0) is 30.3 Å². The van der Waals surface area contributed by atoms with E-state index in [0.29, 0.717) is 13.1 Å². The summed E-state index contributed by atoms with van der Waals surface area (Å²) in [5.41, 5.74) is 1.81. The fourth-order valence-corrected chi connectivity index (χ4v) is 2.00. The lowest BCUT2D eigenvalue weighted by molar-refractivity contribution is 0.0687. The number of rotatable bonds is 6. The van der Waals surface area contributed by atoms with Crippen molar-refractivity contribution in [3.63, 3.8) is 0 Å². The monoisotopic (exact) mass is 271 g/mol. The quantitative estimate of drug-likeness (QED) is 0.872. The molecule has 0 saturated carbocycles. The summed E-state index contributed by atoms with van der Waals surface area (Å²) in [5.74, 6) is -0.991. The van der Waals surface area contributed by atoms with Crippen LogP contribution >= 0.6 is 0 Å². The third kappa shape index (κ3) is 3.61. The number of hydrogen-bond donors (Lipinski definition) is 1. The number of carboxylic acid groups (broad SMARTS) is 1. The van der Waals surface area contributed by atoms with E-state index in [1.54, 1.807) is 18.3 Å². The smallest absolute Gasteiger partial charge is 0.354 e. The van der Waals surface area contributed by atoms with Crippen LogP contribution in [0.3, 0.4) is 0 Å². The molecule has 1 N–H and O–H groups in total. The molecule has 0 spiro atoms. The van der Waals surface area contributed by atoms with E-state index in [1.165, 1.54) is 6.20 Å². The highest BCUT2D eigenvalue weighted by atomic mass is 16.4. The first-order valence-corrected chi connectivity index (χ1v) is 6.50. The fourth-order valence-electron chi connectivity index (χ4n) is 2.00. The molecule has 2 rings (SSSR count). The maximum absolute atomic E-state index is 11.2. The van der Waals surface area contributed by atoms with Gasteiger partial charge in [-0.2, -0.15) is 0 Å². The first-order chi connectivity index (χ1) is 9.70. The minimum absolute atomic E-state index is 0.118. The van der Waals surface area contributed by atoms with Gasteiger partial charge in [0, 0.05) is 25.5 Å². The molecule has 0 aromatic carbocycles. The fraction of sp³-hybridized carbons (Fsp3) is 0.267. The average molecular weight is 271 g/mol. The molecule has 104 valence electrons. The van der Waals surface area contributed by atoms with Gasteiger partial charge in [-0.15, -0.1) is 0 Å². The molecule has 5 nitrogen and oxygen atoms in total. The van der Waals surface area contributed by atoms with Gasteiger partial charge in [-0.3, -0.25) is 9.88 Å². The molecule has 0 amide bonds. The minimum atomic E-state index is -0.991. The predicted molar refractivity (Wildman–Crippen MR) is 75.2 cm³/mol. The van der Waals surface area contributed by atoms with Crippen molar-refractivity contribution in [2.45, 2.75) is 20.0 Å². The summed E-state index contributed by atoms with van der Waals surface area (Å²) < 4.78 is 0. The van der Waals surface area contributed by atoms with Crippen LogP contribution in [0, 0.1) is 0 Å². The van der Waals surface area contributed by atoms with E-state index in [9.17, 15) is 4.79 Å². The summed E-state index contributed by atoms with van der Waals surface area (Å²) in [7, 11) is 0. The van der Waals surface area contributed by atoms with Crippen molar-refractivity contribution in [2.75, 3.05) is 6.54 Å². The molecule has 2 heterocycles. The number of hydrogen-bond acceptors (Lipinski definition) is 4. The van der Waals surface area contributed by atoms with Crippen LogP contribution in [0.25, 0.3) is 0 Å². The molecule has 0 bridgehead atoms. The topological polar surface area (TPSA) is 66.3 Å². The zero-order valence-corrected chi connectivity index (χ0v) is 11.4. The van der Waals surface area contributed by atoms with Crippen LogP contribution in [0.5, 0.6) is 0 Å². The van der Waals surface area contributed by atoms with Crippen molar-refractivity contribution in [3.05, 3.63) is 59.7 Å². The van der Waals surface area contributed by atoms with Crippen molar-refractivity contribution in [3.8, 4) is 0 Å². The average Bonchev–Trinajstić information content (AvgIpc) is 2.48. The van der Waals surface area contributed by atoms with Crippen LogP contribution in [0.1, 0.15) is 28.7 Å². The van der Waals surface area contributed by atoms with Crippen LogP contribution < -0.4 is 0 Å². The van der Waals surface area contributed by atoms with Gasteiger partial charge >= 0.3 is 5.97 Å². The van der Waals surface area contributed by atoms with Crippen LogP contribution in [0.4, 0.5) is 0 Å². The Morgan fingerprint density at radius 1 is 1.15 bits per heavy atom. The highest BCUT2D eigenvalue weighted by Crippen LogP contribution is 2.11. The Labute approximate surface area is 117 Å². The maximum atomic E-state index is 11.2. The van der Waals surface area contributed by atoms with Gasteiger partial charge in [0.05, 0.1) is 5.69 Å². The highest BCUT2D eigenvalue weighted by molar-refractivity contribution is 5.86. The van der Waals surface area contributed by atoms with E-state index in [-0.39, 0.29) is 5.69 Å². The lowest BCUT2D eigenvalue weighted by Gasteiger charge is -2.20. The van der Waals surface area contributed by atoms with Crippen molar-refractivity contribution in [2.24, 2.45) is 0 Å². The van der Waals surface area contributed by atoms with Gasteiger partial charge in [0.15, 0.2) is 5.69 Å². The Kier molecular flexibility index (Phi) is 4.79. The predicted octanol–water partition coefficient (Wildman–Crippen LogP) is 2.20. The maximum Gasteiger partial charge on any atom is 0.354 e. The van der Waals surface area contributed by atoms with Gasteiger partial charge in [-0.1, -0.05) is 19.1 Å². The first kappa shape index (κ1) is 14.1. The van der Waals surface area contributed by atoms with E-state index in [0.717, 1.165) is 17.8 Å². The van der Waals surface area contributed by atoms with Gasteiger partial charge in [0.25, 0.3) is 0 Å². The summed E-state index contributed by atoms with van der Waals surface area (Å²) in [4.78, 5) is 21.5.